The van der Waals surface area contributed by atoms with Crippen LogP contribution < -0.4 is 15.4 Å². The van der Waals surface area contributed by atoms with E-state index in [1.54, 1.807) is 6.20 Å². The molecule has 0 saturated heterocycles. The molecule has 0 spiro atoms. The van der Waals surface area contributed by atoms with Crippen molar-refractivity contribution in [3.05, 3.63) is 59.9 Å². The third-order valence-electron chi connectivity index (χ3n) is 4.80. The quantitative estimate of drug-likeness (QED) is 0.733. The molecule has 1 atom stereocenters. The van der Waals surface area contributed by atoms with Gasteiger partial charge in [-0.05, 0) is 55.7 Å². The summed E-state index contributed by atoms with van der Waals surface area (Å²) >= 11 is 5.48. The van der Waals surface area contributed by atoms with Crippen molar-refractivity contribution < 1.29 is 4.74 Å². The molecule has 138 valence electrons. The summed E-state index contributed by atoms with van der Waals surface area (Å²) < 4.78 is 5.81. The first kappa shape index (κ1) is 18.6. The topological polar surface area (TPSA) is 46.2 Å². The summed E-state index contributed by atoms with van der Waals surface area (Å²) in [5.74, 6) is 0.854. The van der Waals surface area contributed by atoms with E-state index in [1.165, 1.54) is 37.7 Å². The number of hydrogen-bond donors (Lipinski definition) is 2. The predicted octanol–water partition coefficient (Wildman–Crippen LogP) is 4.52. The number of ether oxygens (including phenoxy) is 1. The van der Waals surface area contributed by atoms with Crippen molar-refractivity contribution in [3.63, 3.8) is 0 Å². The largest absolute Gasteiger partial charge is 0.489 e. The zero-order valence-corrected chi connectivity index (χ0v) is 16.1. The van der Waals surface area contributed by atoms with E-state index in [-0.39, 0.29) is 6.04 Å². The lowest BCUT2D eigenvalue weighted by atomic mass is 9.96. The molecule has 0 radical (unpaired) electrons. The molecular weight excluding hydrogens is 342 g/mol. The summed E-state index contributed by atoms with van der Waals surface area (Å²) in [6.45, 7) is 2.65. The van der Waals surface area contributed by atoms with Gasteiger partial charge in [0.15, 0.2) is 5.11 Å². The van der Waals surface area contributed by atoms with Gasteiger partial charge in [0.1, 0.15) is 12.4 Å². The number of thiocarbonyl (C=S) groups is 1. The highest BCUT2D eigenvalue weighted by atomic mass is 32.1. The number of hydrogen-bond acceptors (Lipinski definition) is 3. The van der Waals surface area contributed by atoms with Crippen LogP contribution in [0.2, 0.25) is 0 Å². The third kappa shape index (κ3) is 5.70. The van der Waals surface area contributed by atoms with Gasteiger partial charge in [0.25, 0.3) is 0 Å². The van der Waals surface area contributed by atoms with Crippen LogP contribution >= 0.6 is 12.2 Å². The molecule has 2 N–H and O–H groups in total. The molecule has 1 aromatic heterocycles. The SMILES string of the molecule is CC(NC(=S)NC1CCCCC1)c1ccc(OCc2cccnc2)cc1. The van der Waals surface area contributed by atoms with Gasteiger partial charge in [0.05, 0.1) is 6.04 Å². The normalized spacial score (nSPS) is 15.9. The number of nitrogens with zero attached hydrogens (tertiary/aromatic N) is 1. The Balaban J connectivity index is 1.46. The van der Waals surface area contributed by atoms with E-state index >= 15 is 0 Å². The first-order valence-electron chi connectivity index (χ1n) is 9.39. The first-order valence-corrected chi connectivity index (χ1v) is 9.80. The summed E-state index contributed by atoms with van der Waals surface area (Å²) in [5, 5.41) is 7.60. The fourth-order valence-corrected chi connectivity index (χ4v) is 3.60. The highest BCUT2D eigenvalue weighted by Crippen LogP contribution is 2.20. The zero-order chi connectivity index (χ0) is 18.2. The number of benzene rings is 1. The molecule has 4 nitrogen and oxygen atoms in total. The maximum atomic E-state index is 5.81. The van der Waals surface area contributed by atoms with Crippen molar-refractivity contribution in [3.8, 4) is 5.75 Å². The van der Waals surface area contributed by atoms with Gasteiger partial charge in [-0.2, -0.15) is 0 Å². The van der Waals surface area contributed by atoms with Gasteiger partial charge in [0, 0.05) is 24.0 Å². The van der Waals surface area contributed by atoms with E-state index < -0.39 is 0 Å². The van der Waals surface area contributed by atoms with Gasteiger partial charge in [-0.25, -0.2) is 0 Å². The van der Waals surface area contributed by atoms with Crippen LogP contribution in [0.4, 0.5) is 0 Å². The van der Waals surface area contributed by atoms with Crippen molar-refractivity contribution in [1.82, 2.24) is 15.6 Å². The lowest BCUT2D eigenvalue weighted by Crippen LogP contribution is -2.43. The van der Waals surface area contributed by atoms with Crippen LogP contribution in [0, 0.1) is 0 Å². The van der Waals surface area contributed by atoms with Crippen LogP contribution in [0.3, 0.4) is 0 Å². The van der Waals surface area contributed by atoms with Crippen LogP contribution in [0.5, 0.6) is 5.75 Å². The molecule has 2 aromatic rings. The van der Waals surface area contributed by atoms with Gasteiger partial charge in [-0.15, -0.1) is 0 Å². The summed E-state index contributed by atoms with van der Waals surface area (Å²) in [4.78, 5) is 4.10. The number of pyridine rings is 1. The van der Waals surface area contributed by atoms with E-state index in [4.69, 9.17) is 17.0 Å². The Morgan fingerprint density at radius 1 is 1.19 bits per heavy atom. The van der Waals surface area contributed by atoms with E-state index in [0.29, 0.717) is 12.6 Å². The van der Waals surface area contributed by atoms with Crippen molar-refractivity contribution in [1.29, 1.82) is 0 Å². The molecule has 1 aliphatic rings. The predicted molar refractivity (Wildman–Crippen MR) is 109 cm³/mol. The zero-order valence-electron chi connectivity index (χ0n) is 15.3. The molecule has 1 saturated carbocycles. The summed E-state index contributed by atoms with van der Waals surface area (Å²) in [6, 6.07) is 12.8. The third-order valence-corrected chi connectivity index (χ3v) is 5.03. The highest BCUT2D eigenvalue weighted by Gasteiger charge is 2.15. The molecular formula is C21H27N3OS. The second kappa shape index (κ2) is 9.53. The van der Waals surface area contributed by atoms with Crippen molar-refractivity contribution in [2.75, 3.05) is 0 Å². The Kier molecular flexibility index (Phi) is 6.83. The molecule has 5 heteroatoms. The van der Waals surface area contributed by atoms with E-state index in [0.717, 1.165) is 16.4 Å². The molecule has 26 heavy (non-hydrogen) atoms. The molecule has 1 aromatic carbocycles. The Morgan fingerprint density at radius 3 is 2.65 bits per heavy atom. The summed E-state index contributed by atoms with van der Waals surface area (Å²) in [6.07, 6.45) is 9.98. The summed E-state index contributed by atoms with van der Waals surface area (Å²) in [7, 11) is 0. The molecule has 1 aliphatic carbocycles. The van der Waals surface area contributed by atoms with Crippen LogP contribution in [0.25, 0.3) is 0 Å². The fourth-order valence-electron chi connectivity index (χ4n) is 3.26. The van der Waals surface area contributed by atoms with Crippen LogP contribution in [-0.2, 0) is 6.61 Å². The number of nitrogens with one attached hydrogen (secondary N) is 2. The average molecular weight is 370 g/mol. The fraction of sp³-hybridized carbons (Fsp3) is 0.429. The lowest BCUT2D eigenvalue weighted by Gasteiger charge is -2.26. The van der Waals surface area contributed by atoms with E-state index in [1.807, 2.05) is 30.5 Å². The standard InChI is InChI=1S/C21H27N3OS/c1-16(23-21(26)24-19-7-3-2-4-8-19)18-9-11-20(12-10-18)25-15-17-6-5-13-22-14-17/h5-6,9-14,16,19H,2-4,7-8,15H2,1H3,(H2,23,24,26). The molecule has 3 rings (SSSR count). The minimum atomic E-state index is 0.158. The van der Waals surface area contributed by atoms with Crippen molar-refractivity contribution >= 4 is 17.3 Å². The molecule has 1 unspecified atom stereocenters. The van der Waals surface area contributed by atoms with Gasteiger partial charge in [-0.3, -0.25) is 4.98 Å². The maximum Gasteiger partial charge on any atom is 0.166 e. The molecule has 1 fully saturated rings. The summed E-state index contributed by atoms with van der Waals surface area (Å²) in [5.41, 5.74) is 2.25. The van der Waals surface area contributed by atoms with Crippen LogP contribution in [0.1, 0.15) is 56.2 Å². The smallest absolute Gasteiger partial charge is 0.166 e. The molecule has 0 bridgehead atoms. The second-order valence-corrected chi connectivity index (χ2v) is 7.30. The van der Waals surface area contributed by atoms with Crippen LogP contribution in [0.15, 0.2) is 48.8 Å². The Labute approximate surface area is 161 Å². The minimum absolute atomic E-state index is 0.158. The molecule has 0 aliphatic heterocycles. The Bertz CT molecular complexity index is 684. The number of rotatable bonds is 6. The van der Waals surface area contributed by atoms with Crippen LogP contribution in [-0.4, -0.2) is 16.1 Å². The highest BCUT2D eigenvalue weighted by molar-refractivity contribution is 7.80. The van der Waals surface area contributed by atoms with Crippen molar-refractivity contribution in [2.24, 2.45) is 0 Å². The lowest BCUT2D eigenvalue weighted by molar-refractivity contribution is 0.305. The van der Waals surface area contributed by atoms with Gasteiger partial charge < -0.3 is 15.4 Å². The molecule has 1 heterocycles. The number of aromatic nitrogens is 1. The Morgan fingerprint density at radius 2 is 1.96 bits per heavy atom. The monoisotopic (exact) mass is 369 g/mol. The van der Waals surface area contributed by atoms with E-state index in [9.17, 15) is 0 Å². The first-order chi connectivity index (χ1) is 12.7. The Hall–Kier alpha value is -2.14. The average Bonchev–Trinajstić information content (AvgIpc) is 2.68. The van der Waals surface area contributed by atoms with Gasteiger partial charge in [-0.1, -0.05) is 37.5 Å². The minimum Gasteiger partial charge on any atom is -0.489 e. The van der Waals surface area contributed by atoms with Gasteiger partial charge in [0.2, 0.25) is 0 Å². The second-order valence-electron chi connectivity index (χ2n) is 6.89. The van der Waals surface area contributed by atoms with Gasteiger partial charge >= 0.3 is 0 Å². The van der Waals surface area contributed by atoms with Crippen molar-refractivity contribution in [2.45, 2.75) is 57.7 Å². The maximum absolute atomic E-state index is 5.81. The molecule has 0 amide bonds. The van der Waals surface area contributed by atoms with E-state index in [2.05, 4.69) is 34.7 Å².